The van der Waals surface area contributed by atoms with Gasteiger partial charge in [0, 0.05) is 21.3 Å². The van der Waals surface area contributed by atoms with Crippen molar-refractivity contribution in [2.45, 2.75) is 6.92 Å². The van der Waals surface area contributed by atoms with Crippen LogP contribution in [0.5, 0.6) is 0 Å². The molecule has 1 nitrogen and oxygen atoms in total. The van der Waals surface area contributed by atoms with Gasteiger partial charge in [0.2, 0.25) is 0 Å². The first kappa shape index (κ1) is 9.99. The Bertz CT molecular complexity index is 423. The van der Waals surface area contributed by atoms with Crippen LogP contribution in [-0.2, 0) is 0 Å². The third-order valence-corrected chi connectivity index (χ3v) is 3.23. The molecule has 14 heavy (non-hydrogen) atoms. The van der Waals surface area contributed by atoms with Crippen molar-refractivity contribution in [1.82, 2.24) is 4.57 Å². The van der Waals surface area contributed by atoms with E-state index in [0.29, 0.717) is 0 Å². The summed E-state index contributed by atoms with van der Waals surface area (Å²) in [5, 5.41) is 0. The average molecular weight is 315 g/mol. The van der Waals surface area contributed by atoms with Gasteiger partial charge in [-0.2, -0.15) is 0 Å². The predicted molar refractivity (Wildman–Crippen MR) is 65.9 cm³/mol. The highest BCUT2D eigenvalue weighted by Crippen LogP contribution is 2.30. The van der Waals surface area contributed by atoms with Crippen LogP contribution >= 0.6 is 31.9 Å². The van der Waals surface area contributed by atoms with E-state index in [4.69, 9.17) is 0 Å². The SMILES string of the molecule is Cc1cc(Br)c(-n2cccc2)c(Br)c1. The fraction of sp³-hybridized carbons (Fsp3) is 0.0909. The summed E-state index contributed by atoms with van der Waals surface area (Å²) < 4.78 is 4.27. The molecule has 2 rings (SSSR count). The molecule has 0 amide bonds. The predicted octanol–water partition coefficient (Wildman–Crippen LogP) is 4.31. The van der Waals surface area contributed by atoms with E-state index in [0.717, 1.165) is 14.6 Å². The zero-order chi connectivity index (χ0) is 10.1. The van der Waals surface area contributed by atoms with Gasteiger partial charge in [0.15, 0.2) is 0 Å². The second kappa shape index (κ2) is 3.91. The smallest absolute Gasteiger partial charge is 0.0735 e. The van der Waals surface area contributed by atoms with Gasteiger partial charge in [-0.3, -0.25) is 0 Å². The van der Waals surface area contributed by atoms with Gasteiger partial charge in [-0.05, 0) is 68.6 Å². The quantitative estimate of drug-likeness (QED) is 0.739. The van der Waals surface area contributed by atoms with Gasteiger partial charge >= 0.3 is 0 Å². The summed E-state index contributed by atoms with van der Waals surface area (Å²) in [6.07, 6.45) is 4.06. The molecule has 0 spiro atoms. The molecule has 0 aliphatic carbocycles. The van der Waals surface area contributed by atoms with Gasteiger partial charge in [-0.25, -0.2) is 0 Å². The summed E-state index contributed by atoms with van der Waals surface area (Å²) in [6, 6.07) is 8.25. The van der Waals surface area contributed by atoms with Crippen molar-refractivity contribution >= 4 is 31.9 Å². The molecule has 72 valence electrons. The molecular formula is C11H9Br2N. The minimum Gasteiger partial charge on any atom is -0.322 e. The van der Waals surface area contributed by atoms with Crippen LogP contribution in [0.2, 0.25) is 0 Å². The van der Waals surface area contributed by atoms with Crippen LogP contribution in [0.3, 0.4) is 0 Å². The van der Waals surface area contributed by atoms with Crippen molar-refractivity contribution in [3.63, 3.8) is 0 Å². The first-order chi connectivity index (χ1) is 6.68. The van der Waals surface area contributed by atoms with Crippen LogP contribution in [0.1, 0.15) is 5.56 Å². The molecule has 1 heterocycles. The van der Waals surface area contributed by atoms with E-state index < -0.39 is 0 Å². The molecule has 0 saturated carbocycles. The van der Waals surface area contributed by atoms with E-state index >= 15 is 0 Å². The third kappa shape index (κ3) is 1.79. The minimum atomic E-state index is 1.10. The monoisotopic (exact) mass is 313 g/mol. The molecule has 0 aliphatic rings. The number of rotatable bonds is 1. The van der Waals surface area contributed by atoms with Crippen LogP contribution in [-0.4, -0.2) is 4.57 Å². The van der Waals surface area contributed by atoms with Crippen molar-refractivity contribution in [3.8, 4) is 5.69 Å². The van der Waals surface area contributed by atoms with E-state index in [2.05, 4.69) is 55.5 Å². The number of aryl methyl sites for hydroxylation is 1. The highest BCUT2D eigenvalue weighted by molar-refractivity contribution is 9.11. The molecule has 0 bridgehead atoms. The zero-order valence-electron chi connectivity index (χ0n) is 7.67. The molecule has 1 aromatic carbocycles. The third-order valence-electron chi connectivity index (χ3n) is 2.02. The molecule has 0 atom stereocenters. The van der Waals surface area contributed by atoms with Gasteiger partial charge in [-0.1, -0.05) is 0 Å². The normalized spacial score (nSPS) is 10.5. The molecule has 3 heteroatoms. The van der Waals surface area contributed by atoms with Gasteiger partial charge in [0.05, 0.1) is 5.69 Å². The highest BCUT2D eigenvalue weighted by atomic mass is 79.9. The maximum Gasteiger partial charge on any atom is 0.0735 e. The second-order valence-electron chi connectivity index (χ2n) is 3.17. The van der Waals surface area contributed by atoms with Crippen LogP contribution < -0.4 is 0 Å². The molecule has 2 aromatic rings. The Morgan fingerprint density at radius 2 is 1.50 bits per heavy atom. The summed E-state index contributed by atoms with van der Waals surface area (Å²) in [7, 11) is 0. The maximum atomic E-state index is 3.57. The summed E-state index contributed by atoms with van der Waals surface area (Å²) >= 11 is 7.14. The standard InChI is InChI=1S/C11H9Br2N/c1-8-6-9(12)11(10(13)7-8)14-4-2-3-5-14/h2-7H,1H3. The molecular weight excluding hydrogens is 306 g/mol. The Labute approximate surface area is 100 Å². The maximum absolute atomic E-state index is 3.57. The fourth-order valence-electron chi connectivity index (χ4n) is 1.42. The molecule has 0 aliphatic heterocycles. The van der Waals surface area contributed by atoms with E-state index in [1.807, 2.05) is 24.5 Å². The Hall–Kier alpha value is -0.540. The van der Waals surface area contributed by atoms with Gasteiger partial charge < -0.3 is 4.57 Å². The zero-order valence-corrected chi connectivity index (χ0v) is 10.8. The first-order valence-corrected chi connectivity index (χ1v) is 5.86. The van der Waals surface area contributed by atoms with Crippen LogP contribution in [0.15, 0.2) is 45.6 Å². The largest absolute Gasteiger partial charge is 0.322 e. The Balaban J connectivity index is 2.64. The number of hydrogen-bond acceptors (Lipinski definition) is 0. The summed E-state index contributed by atoms with van der Waals surface area (Å²) in [6.45, 7) is 2.08. The molecule has 0 unspecified atom stereocenters. The molecule has 0 saturated heterocycles. The van der Waals surface area contributed by atoms with Crippen molar-refractivity contribution in [3.05, 3.63) is 51.2 Å². The van der Waals surface area contributed by atoms with E-state index in [1.54, 1.807) is 0 Å². The lowest BCUT2D eigenvalue weighted by atomic mass is 10.2. The van der Waals surface area contributed by atoms with Crippen molar-refractivity contribution < 1.29 is 0 Å². The summed E-state index contributed by atoms with van der Waals surface area (Å²) in [5.74, 6) is 0. The Morgan fingerprint density at radius 1 is 1.00 bits per heavy atom. The lowest BCUT2D eigenvalue weighted by Crippen LogP contribution is -1.93. The van der Waals surface area contributed by atoms with E-state index in [9.17, 15) is 0 Å². The van der Waals surface area contributed by atoms with Gasteiger partial charge in [-0.15, -0.1) is 0 Å². The Morgan fingerprint density at radius 3 is 2.00 bits per heavy atom. The number of nitrogens with zero attached hydrogens (tertiary/aromatic N) is 1. The van der Waals surface area contributed by atoms with E-state index in [1.165, 1.54) is 5.56 Å². The van der Waals surface area contributed by atoms with Gasteiger partial charge in [0.1, 0.15) is 0 Å². The highest BCUT2D eigenvalue weighted by Gasteiger charge is 2.06. The van der Waals surface area contributed by atoms with E-state index in [-0.39, 0.29) is 0 Å². The molecule has 0 N–H and O–H groups in total. The van der Waals surface area contributed by atoms with Crippen LogP contribution in [0, 0.1) is 6.92 Å². The Kier molecular flexibility index (Phi) is 2.79. The first-order valence-electron chi connectivity index (χ1n) is 4.27. The summed E-state index contributed by atoms with van der Waals surface area (Å²) in [4.78, 5) is 0. The minimum absolute atomic E-state index is 1.10. The lowest BCUT2D eigenvalue weighted by Gasteiger charge is -2.09. The van der Waals surface area contributed by atoms with Crippen LogP contribution in [0.25, 0.3) is 5.69 Å². The fourth-order valence-corrected chi connectivity index (χ4v) is 3.25. The number of hydrogen-bond donors (Lipinski definition) is 0. The average Bonchev–Trinajstić information content (AvgIpc) is 2.54. The van der Waals surface area contributed by atoms with Crippen molar-refractivity contribution in [2.75, 3.05) is 0 Å². The lowest BCUT2D eigenvalue weighted by molar-refractivity contribution is 1.06. The van der Waals surface area contributed by atoms with Gasteiger partial charge in [0.25, 0.3) is 0 Å². The number of benzene rings is 1. The van der Waals surface area contributed by atoms with Crippen LogP contribution in [0.4, 0.5) is 0 Å². The topological polar surface area (TPSA) is 4.93 Å². The van der Waals surface area contributed by atoms with Crippen molar-refractivity contribution in [1.29, 1.82) is 0 Å². The molecule has 0 fully saturated rings. The molecule has 0 radical (unpaired) electrons. The number of halogens is 2. The van der Waals surface area contributed by atoms with Crippen molar-refractivity contribution in [2.24, 2.45) is 0 Å². The number of aromatic nitrogens is 1. The second-order valence-corrected chi connectivity index (χ2v) is 4.88. The summed E-state index contributed by atoms with van der Waals surface area (Å²) in [5.41, 5.74) is 2.38. The molecule has 1 aromatic heterocycles.